The number of halogens is 1. The first-order chi connectivity index (χ1) is 16.3. The minimum Gasteiger partial charge on any atom is -0.480 e. The van der Waals surface area contributed by atoms with Crippen LogP contribution in [-0.2, 0) is 11.2 Å². The van der Waals surface area contributed by atoms with Gasteiger partial charge in [-0.05, 0) is 49.8 Å². The van der Waals surface area contributed by atoms with Crippen LogP contribution in [0.1, 0.15) is 38.3 Å². The lowest BCUT2D eigenvalue weighted by atomic mass is 10.2. The zero-order valence-corrected chi connectivity index (χ0v) is 20.0. The van der Waals surface area contributed by atoms with Crippen LogP contribution < -0.4 is 15.5 Å². The molecule has 34 heavy (non-hydrogen) atoms. The Bertz CT molecular complexity index is 1030. The maximum atomic E-state index is 13.7. The minimum atomic E-state index is -0.919. The van der Waals surface area contributed by atoms with Crippen LogP contribution >= 0.6 is 11.8 Å². The van der Waals surface area contributed by atoms with Gasteiger partial charge in [-0.3, -0.25) is 20.2 Å². The standard InChI is InChI=1S/C22H29FN6O4S/c1-3-5-14-13-20(28-10-4-6-19(28)26-17(21(30)31)9-11-34-2)27-22(24-14)25-15-7-8-16(23)18(12-15)29(32)33/h7-8,12-13,17,19,26H,3-6,9-11H2,1-2H3,(H,30,31)(H,24,25,27)/t17?,19-/m0/s1. The van der Waals surface area contributed by atoms with Gasteiger partial charge in [0.1, 0.15) is 11.9 Å². The molecule has 0 spiro atoms. The lowest BCUT2D eigenvalue weighted by molar-refractivity contribution is -0.387. The van der Waals surface area contributed by atoms with E-state index in [-0.39, 0.29) is 12.1 Å². The van der Waals surface area contributed by atoms with Crippen molar-refractivity contribution in [2.45, 2.75) is 51.2 Å². The maximum Gasteiger partial charge on any atom is 0.320 e. The number of benzene rings is 1. The van der Waals surface area contributed by atoms with Crippen LogP contribution in [0.4, 0.5) is 27.5 Å². The molecule has 1 aliphatic heterocycles. The number of thioether (sulfide) groups is 1. The smallest absolute Gasteiger partial charge is 0.320 e. The Morgan fingerprint density at radius 1 is 1.41 bits per heavy atom. The van der Waals surface area contributed by atoms with Crippen LogP contribution in [0.3, 0.4) is 0 Å². The molecule has 0 saturated carbocycles. The number of nitro groups is 1. The van der Waals surface area contributed by atoms with Gasteiger partial charge < -0.3 is 15.3 Å². The summed E-state index contributed by atoms with van der Waals surface area (Å²) in [6.45, 7) is 2.73. The molecule has 184 valence electrons. The van der Waals surface area contributed by atoms with E-state index in [2.05, 4.69) is 20.6 Å². The number of hydrogen-bond donors (Lipinski definition) is 3. The molecule has 2 aromatic rings. The second kappa shape index (κ2) is 11.9. The molecule has 1 aromatic carbocycles. The Labute approximate surface area is 201 Å². The van der Waals surface area contributed by atoms with Gasteiger partial charge in [0.25, 0.3) is 0 Å². The Hall–Kier alpha value is -2.99. The minimum absolute atomic E-state index is 0.188. The van der Waals surface area contributed by atoms with E-state index in [4.69, 9.17) is 0 Å². The molecule has 0 amide bonds. The van der Waals surface area contributed by atoms with Crippen molar-refractivity contribution in [1.29, 1.82) is 0 Å². The summed E-state index contributed by atoms with van der Waals surface area (Å²) in [6.07, 6.45) is 5.49. The van der Waals surface area contributed by atoms with Crippen molar-refractivity contribution in [3.63, 3.8) is 0 Å². The van der Waals surface area contributed by atoms with E-state index in [1.54, 1.807) is 11.8 Å². The monoisotopic (exact) mass is 492 g/mol. The Morgan fingerprint density at radius 3 is 2.88 bits per heavy atom. The van der Waals surface area contributed by atoms with Crippen molar-refractivity contribution in [1.82, 2.24) is 15.3 Å². The summed E-state index contributed by atoms with van der Waals surface area (Å²) in [5.74, 6) is -0.179. The average Bonchev–Trinajstić information content (AvgIpc) is 3.26. The number of aromatic nitrogens is 2. The molecule has 1 unspecified atom stereocenters. The molecule has 3 N–H and O–H groups in total. The van der Waals surface area contributed by atoms with Gasteiger partial charge in [0, 0.05) is 30.1 Å². The SMILES string of the molecule is CCCc1cc(N2CCC[C@H]2NC(CCSC)C(=O)O)nc(Nc2ccc(F)c([N+](=O)[O-])c2)n1. The van der Waals surface area contributed by atoms with Crippen molar-refractivity contribution in [2.24, 2.45) is 0 Å². The normalized spacial score (nSPS) is 16.4. The highest BCUT2D eigenvalue weighted by molar-refractivity contribution is 7.98. The summed E-state index contributed by atoms with van der Waals surface area (Å²) in [6, 6.07) is 4.75. The third-order valence-electron chi connectivity index (χ3n) is 5.52. The Balaban J connectivity index is 1.87. The number of hydrogen-bond acceptors (Lipinski definition) is 9. The molecule has 1 fully saturated rings. The molecule has 0 radical (unpaired) electrons. The highest BCUT2D eigenvalue weighted by atomic mass is 32.2. The first-order valence-corrected chi connectivity index (χ1v) is 12.5. The van der Waals surface area contributed by atoms with E-state index in [0.717, 1.165) is 42.8 Å². The molecule has 0 aliphatic carbocycles. The fraction of sp³-hybridized carbons (Fsp3) is 0.500. The predicted molar refractivity (Wildman–Crippen MR) is 130 cm³/mol. The molecule has 1 aromatic heterocycles. The fourth-order valence-corrected chi connectivity index (χ4v) is 4.36. The van der Waals surface area contributed by atoms with Crippen molar-refractivity contribution < 1.29 is 19.2 Å². The van der Waals surface area contributed by atoms with Crippen LogP contribution in [0.25, 0.3) is 0 Å². The number of aryl methyl sites for hydroxylation is 1. The molecule has 12 heteroatoms. The molecule has 0 bridgehead atoms. The molecule has 1 saturated heterocycles. The van der Waals surface area contributed by atoms with Crippen LogP contribution in [0.2, 0.25) is 0 Å². The first-order valence-electron chi connectivity index (χ1n) is 11.2. The summed E-state index contributed by atoms with van der Waals surface area (Å²) < 4.78 is 13.7. The lowest BCUT2D eigenvalue weighted by Crippen LogP contribution is -2.50. The average molecular weight is 493 g/mol. The van der Waals surface area contributed by atoms with Crippen LogP contribution in [0.5, 0.6) is 0 Å². The van der Waals surface area contributed by atoms with Crippen molar-refractivity contribution in [3.8, 4) is 0 Å². The number of aliphatic carboxylic acids is 1. The zero-order valence-electron chi connectivity index (χ0n) is 19.2. The van der Waals surface area contributed by atoms with Crippen molar-refractivity contribution in [2.75, 3.05) is 28.8 Å². The molecular weight excluding hydrogens is 463 g/mol. The summed E-state index contributed by atoms with van der Waals surface area (Å²) in [7, 11) is 0. The zero-order chi connectivity index (χ0) is 24.7. The van der Waals surface area contributed by atoms with Gasteiger partial charge in [-0.15, -0.1) is 0 Å². The summed E-state index contributed by atoms with van der Waals surface area (Å²) in [5.41, 5.74) is 0.449. The third kappa shape index (κ3) is 6.54. The summed E-state index contributed by atoms with van der Waals surface area (Å²) >= 11 is 1.60. The van der Waals surface area contributed by atoms with Gasteiger partial charge in [-0.25, -0.2) is 4.98 Å². The molecule has 10 nitrogen and oxygen atoms in total. The van der Waals surface area contributed by atoms with Gasteiger partial charge in [-0.2, -0.15) is 21.1 Å². The number of nitrogens with one attached hydrogen (secondary N) is 2. The molecule has 2 heterocycles. The van der Waals surface area contributed by atoms with Gasteiger partial charge in [-0.1, -0.05) is 13.3 Å². The fourth-order valence-electron chi connectivity index (χ4n) is 3.89. The van der Waals surface area contributed by atoms with Gasteiger partial charge in [0.2, 0.25) is 11.8 Å². The second-order valence-electron chi connectivity index (χ2n) is 8.03. The van der Waals surface area contributed by atoms with E-state index < -0.39 is 28.4 Å². The van der Waals surface area contributed by atoms with Gasteiger partial charge in [0.15, 0.2) is 0 Å². The van der Waals surface area contributed by atoms with Crippen molar-refractivity contribution >= 4 is 40.9 Å². The molecule has 3 rings (SSSR count). The number of rotatable bonds is 12. The second-order valence-corrected chi connectivity index (χ2v) is 9.02. The van der Waals surface area contributed by atoms with E-state index in [1.807, 2.05) is 24.1 Å². The van der Waals surface area contributed by atoms with E-state index in [1.165, 1.54) is 6.07 Å². The maximum absolute atomic E-state index is 13.7. The van der Waals surface area contributed by atoms with E-state index in [0.29, 0.717) is 30.9 Å². The lowest BCUT2D eigenvalue weighted by Gasteiger charge is -2.29. The number of anilines is 3. The summed E-state index contributed by atoms with van der Waals surface area (Å²) in [4.78, 5) is 33.2. The largest absolute Gasteiger partial charge is 0.480 e. The number of carbonyl (C=O) groups is 1. The van der Waals surface area contributed by atoms with Gasteiger partial charge in [0.05, 0.1) is 11.1 Å². The molecule has 1 aliphatic rings. The van der Waals surface area contributed by atoms with Crippen LogP contribution in [0.15, 0.2) is 24.3 Å². The molecular formula is C22H29FN6O4S. The van der Waals surface area contributed by atoms with Gasteiger partial charge >= 0.3 is 11.7 Å². The Morgan fingerprint density at radius 2 is 2.21 bits per heavy atom. The van der Waals surface area contributed by atoms with Crippen LogP contribution in [0, 0.1) is 15.9 Å². The number of carboxylic acid groups (broad SMARTS) is 1. The topological polar surface area (TPSA) is 134 Å². The third-order valence-corrected chi connectivity index (χ3v) is 6.16. The first kappa shape index (κ1) is 25.6. The highest BCUT2D eigenvalue weighted by Crippen LogP contribution is 2.28. The van der Waals surface area contributed by atoms with Crippen molar-refractivity contribution in [3.05, 3.63) is 45.9 Å². The van der Waals surface area contributed by atoms with Crippen LogP contribution in [-0.4, -0.2) is 56.7 Å². The quantitative estimate of drug-likeness (QED) is 0.295. The molecule has 2 atom stereocenters. The number of carboxylic acids is 1. The number of nitrogens with zero attached hydrogens (tertiary/aromatic N) is 4. The Kier molecular flexibility index (Phi) is 8.99. The predicted octanol–water partition coefficient (Wildman–Crippen LogP) is 3.94. The summed E-state index contributed by atoms with van der Waals surface area (Å²) in [5, 5.41) is 26.9. The highest BCUT2D eigenvalue weighted by Gasteiger charge is 2.30. The van der Waals surface area contributed by atoms with E-state index >= 15 is 0 Å². The number of nitro benzene ring substituents is 1. The van der Waals surface area contributed by atoms with E-state index in [9.17, 15) is 24.4 Å².